The minimum atomic E-state index is 0.441. The molecule has 21 heavy (non-hydrogen) atoms. The number of nitrogens with zero attached hydrogens (tertiary/aromatic N) is 2. The van der Waals surface area contributed by atoms with Gasteiger partial charge in [0.25, 0.3) is 0 Å². The molecule has 0 radical (unpaired) electrons. The molecule has 4 heteroatoms. The van der Waals surface area contributed by atoms with E-state index in [0.29, 0.717) is 6.54 Å². The third-order valence-electron chi connectivity index (χ3n) is 3.44. The monoisotopic (exact) mass is 279 g/mol. The van der Waals surface area contributed by atoms with Crippen molar-refractivity contribution in [1.29, 1.82) is 0 Å². The van der Waals surface area contributed by atoms with Crippen molar-refractivity contribution in [2.24, 2.45) is 5.73 Å². The van der Waals surface area contributed by atoms with Gasteiger partial charge in [0, 0.05) is 17.7 Å². The summed E-state index contributed by atoms with van der Waals surface area (Å²) >= 11 is 0. The molecule has 2 aromatic carbocycles. The zero-order valence-corrected chi connectivity index (χ0v) is 11.9. The van der Waals surface area contributed by atoms with Gasteiger partial charge in [-0.15, -0.1) is 0 Å². The van der Waals surface area contributed by atoms with Crippen molar-refractivity contribution >= 4 is 0 Å². The van der Waals surface area contributed by atoms with Crippen LogP contribution in [0.2, 0.25) is 0 Å². The summed E-state index contributed by atoms with van der Waals surface area (Å²) in [5, 5.41) is 4.42. The van der Waals surface area contributed by atoms with Gasteiger partial charge >= 0.3 is 0 Å². The van der Waals surface area contributed by atoms with E-state index >= 15 is 0 Å². The van der Waals surface area contributed by atoms with E-state index in [0.717, 1.165) is 28.3 Å². The second-order valence-electron chi connectivity index (χ2n) is 4.69. The van der Waals surface area contributed by atoms with Crippen LogP contribution in [0, 0.1) is 0 Å². The fourth-order valence-electron chi connectivity index (χ4n) is 2.39. The Morgan fingerprint density at radius 2 is 1.90 bits per heavy atom. The summed E-state index contributed by atoms with van der Waals surface area (Å²) < 4.78 is 7.24. The highest BCUT2D eigenvalue weighted by atomic mass is 16.5. The number of benzene rings is 2. The first kappa shape index (κ1) is 13.4. The van der Waals surface area contributed by atoms with Crippen molar-refractivity contribution < 1.29 is 4.74 Å². The summed E-state index contributed by atoms with van der Waals surface area (Å²) in [6.45, 7) is 0.441. The average molecular weight is 279 g/mol. The highest BCUT2D eigenvalue weighted by Crippen LogP contribution is 2.27. The number of aromatic nitrogens is 2. The third kappa shape index (κ3) is 2.53. The van der Waals surface area contributed by atoms with Crippen molar-refractivity contribution in [1.82, 2.24) is 9.78 Å². The quantitative estimate of drug-likeness (QED) is 0.798. The molecular weight excluding hydrogens is 262 g/mol. The first-order valence-corrected chi connectivity index (χ1v) is 6.80. The molecular formula is C17H17N3O. The van der Waals surface area contributed by atoms with Gasteiger partial charge in [-0.25, -0.2) is 4.68 Å². The molecule has 0 unspecified atom stereocenters. The van der Waals surface area contributed by atoms with E-state index < -0.39 is 0 Å². The van der Waals surface area contributed by atoms with Gasteiger partial charge in [0.15, 0.2) is 0 Å². The summed E-state index contributed by atoms with van der Waals surface area (Å²) in [5.74, 6) is 0.812. The summed E-state index contributed by atoms with van der Waals surface area (Å²) in [7, 11) is 1.66. The van der Waals surface area contributed by atoms with Crippen molar-refractivity contribution in [2.45, 2.75) is 6.54 Å². The first-order valence-electron chi connectivity index (χ1n) is 6.80. The molecule has 0 aliphatic rings. The number of hydrogen-bond donors (Lipinski definition) is 1. The Morgan fingerprint density at radius 1 is 1.10 bits per heavy atom. The van der Waals surface area contributed by atoms with E-state index in [9.17, 15) is 0 Å². The molecule has 0 spiro atoms. The third-order valence-corrected chi connectivity index (χ3v) is 3.44. The zero-order chi connectivity index (χ0) is 14.7. The highest BCUT2D eigenvalue weighted by molar-refractivity contribution is 5.64. The molecule has 0 aliphatic heterocycles. The maximum absolute atomic E-state index is 5.80. The Hall–Kier alpha value is -2.59. The van der Waals surface area contributed by atoms with Crippen LogP contribution in [0.4, 0.5) is 0 Å². The lowest BCUT2D eigenvalue weighted by molar-refractivity contribution is 0.410. The lowest BCUT2D eigenvalue weighted by atomic mass is 10.1. The number of hydrogen-bond acceptors (Lipinski definition) is 3. The Bertz CT molecular complexity index is 735. The number of rotatable bonds is 4. The number of para-hydroxylation sites is 1. The summed E-state index contributed by atoms with van der Waals surface area (Å²) in [6, 6.07) is 18.1. The van der Waals surface area contributed by atoms with E-state index in [1.165, 1.54) is 0 Å². The predicted octanol–water partition coefficient (Wildman–Crippen LogP) is 3.01. The van der Waals surface area contributed by atoms with E-state index in [1.807, 2.05) is 53.2 Å². The van der Waals surface area contributed by atoms with Crippen LogP contribution >= 0.6 is 0 Å². The molecule has 0 aliphatic carbocycles. The van der Waals surface area contributed by atoms with E-state index in [1.54, 1.807) is 13.3 Å². The van der Waals surface area contributed by atoms with Crippen molar-refractivity contribution in [3.8, 4) is 22.7 Å². The van der Waals surface area contributed by atoms with Crippen molar-refractivity contribution in [3.63, 3.8) is 0 Å². The SMILES string of the molecule is COc1ccc(-c2ccnn2-c2ccccc2)cc1CN. The molecule has 3 aromatic rings. The van der Waals surface area contributed by atoms with Crippen LogP contribution < -0.4 is 10.5 Å². The topological polar surface area (TPSA) is 53.1 Å². The molecule has 0 atom stereocenters. The Balaban J connectivity index is 2.08. The standard InChI is InChI=1S/C17H17N3O/c1-21-17-8-7-13(11-14(17)12-18)16-9-10-19-20(16)15-5-3-2-4-6-15/h2-11H,12,18H2,1H3. The molecule has 106 valence electrons. The molecule has 1 heterocycles. The molecule has 0 saturated carbocycles. The van der Waals surface area contributed by atoms with Gasteiger partial charge < -0.3 is 10.5 Å². The van der Waals surface area contributed by atoms with E-state index in [4.69, 9.17) is 10.5 Å². The second kappa shape index (κ2) is 5.81. The van der Waals surface area contributed by atoms with Crippen LogP contribution in [0.15, 0.2) is 60.8 Å². The molecule has 2 N–H and O–H groups in total. The van der Waals surface area contributed by atoms with Crippen LogP contribution in [-0.2, 0) is 6.54 Å². The smallest absolute Gasteiger partial charge is 0.123 e. The number of nitrogens with two attached hydrogens (primary N) is 1. The fraction of sp³-hybridized carbons (Fsp3) is 0.118. The van der Waals surface area contributed by atoms with Crippen LogP contribution in [0.1, 0.15) is 5.56 Å². The van der Waals surface area contributed by atoms with Gasteiger partial charge in [-0.2, -0.15) is 5.10 Å². The van der Waals surface area contributed by atoms with Gasteiger partial charge in [0.05, 0.1) is 24.7 Å². The lowest BCUT2D eigenvalue weighted by Crippen LogP contribution is -2.02. The highest BCUT2D eigenvalue weighted by Gasteiger charge is 2.10. The summed E-state index contributed by atoms with van der Waals surface area (Å²) in [6.07, 6.45) is 1.80. The van der Waals surface area contributed by atoms with Crippen LogP contribution in [0.25, 0.3) is 16.9 Å². The first-order chi connectivity index (χ1) is 10.3. The normalized spacial score (nSPS) is 10.6. The Morgan fingerprint density at radius 3 is 2.62 bits per heavy atom. The summed E-state index contributed by atoms with van der Waals surface area (Å²) in [5.41, 5.74) is 9.90. The fourth-order valence-corrected chi connectivity index (χ4v) is 2.39. The van der Waals surface area contributed by atoms with Gasteiger partial charge in [0.1, 0.15) is 5.75 Å². The molecule has 0 fully saturated rings. The van der Waals surface area contributed by atoms with Gasteiger partial charge in [-0.1, -0.05) is 18.2 Å². The Kier molecular flexibility index (Phi) is 3.71. The minimum absolute atomic E-state index is 0.441. The molecule has 0 saturated heterocycles. The molecule has 4 nitrogen and oxygen atoms in total. The van der Waals surface area contributed by atoms with Crippen LogP contribution in [-0.4, -0.2) is 16.9 Å². The Labute approximate surface area is 123 Å². The maximum atomic E-state index is 5.80. The van der Waals surface area contributed by atoms with E-state index in [-0.39, 0.29) is 0 Å². The predicted molar refractivity (Wildman–Crippen MR) is 83.4 cm³/mol. The minimum Gasteiger partial charge on any atom is -0.496 e. The number of methoxy groups -OCH3 is 1. The van der Waals surface area contributed by atoms with Gasteiger partial charge in [0.2, 0.25) is 0 Å². The van der Waals surface area contributed by atoms with Crippen LogP contribution in [0.5, 0.6) is 5.75 Å². The van der Waals surface area contributed by atoms with E-state index in [2.05, 4.69) is 11.2 Å². The average Bonchev–Trinajstić information content (AvgIpc) is 3.04. The zero-order valence-electron chi connectivity index (χ0n) is 11.9. The molecule has 0 amide bonds. The largest absolute Gasteiger partial charge is 0.496 e. The van der Waals surface area contributed by atoms with Crippen molar-refractivity contribution in [2.75, 3.05) is 7.11 Å². The maximum Gasteiger partial charge on any atom is 0.123 e. The number of ether oxygens (including phenoxy) is 1. The van der Waals surface area contributed by atoms with Crippen molar-refractivity contribution in [3.05, 3.63) is 66.4 Å². The van der Waals surface area contributed by atoms with Gasteiger partial charge in [-0.05, 0) is 36.4 Å². The molecule has 3 rings (SSSR count). The summed E-state index contributed by atoms with van der Waals surface area (Å²) in [4.78, 5) is 0. The molecule has 0 bridgehead atoms. The van der Waals surface area contributed by atoms with Gasteiger partial charge in [-0.3, -0.25) is 0 Å². The molecule has 1 aromatic heterocycles. The lowest BCUT2D eigenvalue weighted by Gasteiger charge is -2.11. The van der Waals surface area contributed by atoms with Crippen LogP contribution in [0.3, 0.4) is 0 Å². The second-order valence-corrected chi connectivity index (χ2v) is 4.69.